The molecule has 2 fully saturated rings. The number of fused-ring (bicyclic) bond motifs is 1. The Morgan fingerprint density at radius 2 is 1.64 bits per heavy atom. The van der Waals surface area contributed by atoms with E-state index in [1.807, 2.05) is 0 Å². The number of imide groups is 1. The molecular formula is C22H29N3O3. The molecule has 4 atom stereocenters. The van der Waals surface area contributed by atoms with Gasteiger partial charge in [-0.15, -0.1) is 0 Å². The maximum atomic E-state index is 12.8. The molecule has 1 heterocycles. The summed E-state index contributed by atoms with van der Waals surface area (Å²) < 4.78 is 0. The second kappa shape index (κ2) is 8.03. The molecule has 150 valence electrons. The Balaban J connectivity index is 1.44. The molecule has 0 aromatic heterocycles. The molecule has 2 saturated carbocycles. The van der Waals surface area contributed by atoms with E-state index in [1.165, 1.54) is 4.90 Å². The number of rotatable bonds is 4. The molecule has 0 saturated heterocycles. The lowest BCUT2D eigenvalue weighted by Crippen LogP contribution is -2.53. The third kappa shape index (κ3) is 3.46. The van der Waals surface area contributed by atoms with Crippen LogP contribution in [0.5, 0.6) is 0 Å². The van der Waals surface area contributed by atoms with Crippen LogP contribution in [0.4, 0.5) is 0 Å². The Bertz CT molecular complexity index is 743. The van der Waals surface area contributed by atoms with Gasteiger partial charge in [-0.1, -0.05) is 25.0 Å². The highest BCUT2D eigenvalue weighted by molar-refractivity contribution is 6.21. The van der Waals surface area contributed by atoms with Crippen molar-refractivity contribution in [3.8, 4) is 0 Å². The smallest absolute Gasteiger partial charge is 0.261 e. The number of benzene rings is 1. The van der Waals surface area contributed by atoms with Gasteiger partial charge in [-0.2, -0.15) is 0 Å². The first-order chi connectivity index (χ1) is 13.6. The zero-order valence-electron chi connectivity index (χ0n) is 16.4. The summed E-state index contributed by atoms with van der Waals surface area (Å²) in [5.41, 5.74) is 1.05. The largest absolute Gasteiger partial charge is 0.359 e. The van der Waals surface area contributed by atoms with E-state index in [1.54, 1.807) is 31.3 Å². The van der Waals surface area contributed by atoms with Gasteiger partial charge in [0.15, 0.2) is 0 Å². The average Bonchev–Trinajstić information content (AvgIpc) is 2.99. The van der Waals surface area contributed by atoms with E-state index in [9.17, 15) is 14.4 Å². The first kappa shape index (κ1) is 19.1. The van der Waals surface area contributed by atoms with Gasteiger partial charge in [0.05, 0.1) is 17.0 Å². The fraction of sp³-hybridized carbons (Fsp3) is 0.591. The number of carbonyl (C=O) groups excluding carboxylic acids is 3. The van der Waals surface area contributed by atoms with E-state index in [-0.39, 0.29) is 41.8 Å². The summed E-state index contributed by atoms with van der Waals surface area (Å²) in [5, 5.41) is 6.52. The molecule has 1 aromatic carbocycles. The Morgan fingerprint density at radius 3 is 2.32 bits per heavy atom. The van der Waals surface area contributed by atoms with Crippen LogP contribution in [0.15, 0.2) is 24.3 Å². The van der Waals surface area contributed by atoms with E-state index in [2.05, 4.69) is 10.6 Å². The lowest BCUT2D eigenvalue weighted by molar-refractivity contribution is -0.126. The minimum absolute atomic E-state index is 0.0124. The summed E-state index contributed by atoms with van der Waals surface area (Å²) in [5.74, 6) is -0.192. The summed E-state index contributed by atoms with van der Waals surface area (Å²) in [4.78, 5) is 39.4. The van der Waals surface area contributed by atoms with Crippen LogP contribution in [0.25, 0.3) is 0 Å². The van der Waals surface area contributed by atoms with Crippen molar-refractivity contribution >= 4 is 17.7 Å². The van der Waals surface area contributed by atoms with Crippen molar-refractivity contribution in [2.24, 2.45) is 5.92 Å². The zero-order valence-corrected chi connectivity index (χ0v) is 16.4. The maximum Gasteiger partial charge on any atom is 0.261 e. The fourth-order valence-corrected chi connectivity index (χ4v) is 5.22. The fourth-order valence-electron chi connectivity index (χ4n) is 5.22. The SMILES string of the molecule is CNC(=O)[C@@H]1CCCC[C@@H]1N[C@H]1CCC[C@@H](N2C(=O)c3ccccc3C2=O)C1. The number of nitrogens with one attached hydrogen (secondary N) is 2. The normalized spacial score (nSPS) is 30.2. The Labute approximate surface area is 166 Å². The number of amides is 3. The highest BCUT2D eigenvalue weighted by Crippen LogP contribution is 2.32. The van der Waals surface area contributed by atoms with Gasteiger partial charge in [-0.3, -0.25) is 19.3 Å². The van der Waals surface area contributed by atoms with Crippen LogP contribution in [-0.2, 0) is 4.79 Å². The molecule has 3 aliphatic rings. The third-order valence-corrected chi connectivity index (χ3v) is 6.64. The van der Waals surface area contributed by atoms with Crippen LogP contribution in [0.3, 0.4) is 0 Å². The van der Waals surface area contributed by atoms with Crippen LogP contribution in [0.2, 0.25) is 0 Å². The Kier molecular flexibility index (Phi) is 5.49. The van der Waals surface area contributed by atoms with Gasteiger partial charge in [-0.05, 0) is 50.7 Å². The zero-order chi connectivity index (χ0) is 19.7. The van der Waals surface area contributed by atoms with E-state index >= 15 is 0 Å². The molecule has 0 spiro atoms. The molecule has 2 N–H and O–H groups in total. The highest BCUT2D eigenvalue weighted by Gasteiger charge is 2.42. The number of hydrogen-bond acceptors (Lipinski definition) is 4. The van der Waals surface area contributed by atoms with Gasteiger partial charge in [-0.25, -0.2) is 0 Å². The molecule has 3 amide bonds. The van der Waals surface area contributed by atoms with Crippen molar-refractivity contribution in [2.45, 2.75) is 69.5 Å². The molecule has 2 aliphatic carbocycles. The first-order valence-corrected chi connectivity index (χ1v) is 10.5. The number of hydrogen-bond donors (Lipinski definition) is 2. The molecule has 0 unspecified atom stereocenters. The van der Waals surface area contributed by atoms with E-state index in [0.29, 0.717) is 11.1 Å². The Morgan fingerprint density at radius 1 is 0.964 bits per heavy atom. The average molecular weight is 383 g/mol. The molecule has 1 aliphatic heterocycles. The van der Waals surface area contributed by atoms with Crippen LogP contribution in [0, 0.1) is 5.92 Å². The lowest BCUT2D eigenvalue weighted by Gasteiger charge is -2.39. The minimum atomic E-state index is -0.160. The van der Waals surface area contributed by atoms with Crippen molar-refractivity contribution < 1.29 is 14.4 Å². The van der Waals surface area contributed by atoms with Crippen LogP contribution in [-0.4, -0.2) is 47.8 Å². The van der Waals surface area contributed by atoms with E-state index in [4.69, 9.17) is 0 Å². The third-order valence-electron chi connectivity index (χ3n) is 6.64. The number of nitrogens with zero attached hydrogens (tertiary/aromatic N) is 1. The topological polar surface area (TPSA) is 78.5 Å². The van der Waals surface area contributed by atoms with Gasteiger partial charge in [0.25, 0.3) is 11.8 Å². The molecule has 0 bridgehead atoms. The van der Waals surface area contributed by atoms with E-state index in [0.717, 1.165) is 51.4 Å². The summed E-state index contributed by atoms with van der Waals surface area (Å²) >= 11 is 0. The van der Waals surface area contributed by atoms with Gasteiger partial charge < -0.3 is 10.6 Å². The van der Waals surface area contributed by atoms with Crippen LogP contribution < -0.4 is 10.6 Å². The van der Waals surface area contributed by atoms with Gasteiger partial charge in [0, 0.05) is 25.2 Å². The molecule has 0 radical (unpaired) electrons. The molecule has 4 rings (SSSR count). The second-order valence-corrected chi connectivity index (χ2v) is 8.32. The van der Waals surface area contributed by atoms with Crippen molar-refractivity contribution in [2.75, 3.05) is 7.05 Å². The summed E-state index contributed by atoms with van der Waals surface area (Å²) in [7, 11) is 1.70. The predicted molar refractivity (Wildman–Crippen MR) is 106 cm³/mol. The van der Waals surface area contributed by atoms with Crippen molar-refractivity contribution in [1.29, 1.82) is 0 Å². The second-order valence-electron chi connectivity index (χ2n) is 8.32. The van der Waals surface area contributed by atoms with Crippen molar-refractivity contribution in [1.82, 2.24) is 15.5 Å². The molecular weight excluding hydrogens is 354 g/mol. The first-order valence-electron chi connectivity index (χ1n) is 10.5. The maximum absolute atomic E-state index is 12.8. The van der Waals surface area contributed by atoms with E-state index < -0.39 is 0 Å². The minimum Gasteiger partial charge on any atom is -0.359 e. The highest BCUT2D eigenvalue weighted by atomic mass is 16.2. The van der Waals surface area contributed by atoms with Gasteiger partial charge in [0.1, 0.15) is 0 Å². The quantitative estimate of drug-likeness (QED) is 0.783. The van der Waals surface area contributed by atoms with Crippen molar-refractivity contribution in [3.63, 3.8) is 0 Å². The van der Waals surface area contributed by atoms with Crippen LogP contribution in [0.1, 0.15) is 72.1 Å². The van der Waals surface area contributed by atoms with Crippen molar-refractivity contribution in [3.05, 3.63) is 35.4 Å². The lowest BCUT2D eigenvalue weighted by atomic mass is 9.82. The predicted octanol–water partition coefficient (Wildman–Crippen LogP) is 2.49. The molecule has 1 aromatic rings. The monoisotopic (exact) mass is 383 g/mol. The Hall–Kier alpha value is -2.21. The number of carbonyl (C=O) groups is 3. The standard InChI is InChI=1S/C22H29N3O3/c1-23-20(26)18-11-4-5-12-19(18)24-14-7-6-8-15(13-14)25-21(27)16-9-2-3-10-17(16)22(25)28/h2-3,9-10,14-15,18-19,24H,4-8,11-13H2,1H3,(H,23,26)/t14-,15+,18+,19-/m0/s1. The summed E-state index contributed by atoms with van der Waals surface area (Å²) in [6.07, 6.45) is 7.79. The van der Waals surface area contributed by atoms with Crippen LogP contribution >= 0.6 is 0 Å². The molecule has 6 nitrogen and oxygen atoms in total. The van der Waals surface area contributed by atoms with Gasteiger partial charge >= 0.3 is 0 Å². The summed E-state index contributed by atoms with van der Waals surface area (Å²) in [6.45, 7) is 0. The molecule has 6 heteroatoms. The summed E-state index contributed by atoms with van der Waals surface area (Å²) in [6, 6.07) is 7.44. The van der Waals surface area contributed by atoms with Gasteiger partial charge in [0.2, 0.25) is 5.91 Å². The molecule has 28 heavy (non-hydrogen) atoms.